The van der Waals surface area contributed by atoms with Gasteiger partial charge in [0.25, 0.3) is 0 Å². The number of thiazole rings is 1. The number of aromatic nitrogens is 1. The summed E-state index contributed by atoms with van der Waals surface area (Å²) in [4.78, 5) is 30.9. The Morgan fingerprint density at radius 1 is 0.789 bits per heavy atom. The number of thiol groups is 2. The van der Waals surface area contributed by atoms with Gasteiger partial charge in [0.1, 0.15) is 5.01 Å². The van der Waals surface area contributed by atoms with E-state index in [9.17, 15) is 9.59 Å². The van der Waals surface area contributed by atoms with Crippen molar-refractivity contribution in [2.75, 3.05) is 78.9 Å². The standard InChI is InChI=1S/C12H11NO2S3.2C6H15NO3/c1-12(11(15)17,6-9(14)16)10-13-7-4-2-3-5-8(7)18-10;2*8-4-1-7(2-5-9)3-6-10/h2-5H,6H2,1H3,(H,14,16)(H,15,17);2*8-10H,1-6H2. The lowest BCUT2D eigenvalue weighted by Crippen LogP contribution is -2.32. The highest BCUT2D eigenvalue weighted by molar-refractivity contribution is 7.97. The Hall–Kier alpha value is -1.17. The molecule has 2 rings (SSSR count). The summed E-state index contributed by atoms with van der Waals surface area (Å²) in [5.41, 5.74) is -0.184. The zero-order valence-corrected chi connectivity index (χ0v) is 24.3. The van der Waals surface area contributed by atoms with Gasteiger partial charge in [-0.2, -0.15) is 0 Å². The number of hydrogen-bond donors (Lipinski definition) is 8. The summed E-state index contributed by atoms with van der Waals surface area (Å²) < 4.78 is 0.986. The normalized spacial score (nSPS) is 12.5. The molecule has 11 nitrogen and oxygen atoms in total. The van der Waals surface area contributed by atoms with Crippen LogP contribution in [0, 0.1) is 0 Å². The summed E-state index contributed by atoms with van der Waals surface area (Å²) >= 11 is 9.05. The van der Waals surface area contributed by atoms with Gasteiger partial charge in [-0.3, -0.25) is 19.4 Å². The van der Waals surface area contributed by atoms with Crippen LogP contribution in [0.15, 0.2) is 24.3 Å². The number of para-hydroxylation sites is 1. The monoisotopic (exact) mass is 595 g/mol. The van der Waals surface area contributed by atoms with Crippen LogP contribution in [0.4, 0.5) is 0 Å². The number of aliphatic hydroxyl groups is 6. The quantitative estimate of drug-likeness (QED) is 0.116. The van der Waals surface area contributed by atoms with Crippen LogP contribution in [0.3, 0.4) is 0 Å². The average Bonchev–Trinajstić information content (AvgIpc) is 3.31. The minimum absolute atomic E-state index is 0.00172. The molecule has 218 valence electrons. The Bertz CT molecular complexity index is 841. The molecule has 0 bridgehead atoms. The SMILES string of the molecule is CC(CC(=O)S)(C(=O)S)c1nc2ccccc2s1.OCCN(CCO)CCO.OCCN(CCO)CCO. The molecule has 0 radical (unpaired) electrons. The highest BCUT2D eigenvalue weighted by Crippen LogP contribution is 2.36. The number of hydrogen-bond acceptors (Lipinski definition) is 12. The second-order valence-corrected chi connectivity index (χ2v) is 10.2. The van der Waals surface area contributed by atoms with Crippen LogP contribution in [-0.2, 0) is 15.0 Å². The van der Waals surface area contributed by atoms with Crippen molar-refractivity contribution in [1.29, 1.82) is 0 Å². The fourth-order valence-electron chi connectivity index (χ4n) is 3.17. The highest BCUT2D eigenvalue weighted by atomic mass is 32.1. The number of benzene rings is 1. The molecule has 1 aromatic carbocycles. The van der Waals surface area contributed by atoms with Gasteiger partial charge in [-0.1, -0.05) is 12.1 Å². The minimum Gasteiger partial charge on any atom is -0.395 e. The first-order valence-corrected chi connectivity index (χ1v) is 13.8. The maximum atomic E-state index is 11.7. The fourth-order valence-corrected chi connectivity index (χ4v) is 4.86. The van der Waals surface area contributed by atoms with E-state index in [1.807, 2.05) is 24.3 Å². The first kappa shape index (κ1) is 36.8. The van der Waals surface area contributed by atoms with Gasteiger partial charge in [-0.25, -0.2) is 4.98 Å². The van der Waals surface area contributed by atoms with Crippen LogP contribution < -0.4 is 0 Å². The molecule has 2 aromatic rings. The molecule has 0 amide bonds. The smallest absolute Gasteiger partial charge is 0.199 e. The van der Waals surface area contributed by atoms with Crippen molar-refractivity contribution in [2.24, 2.45) is 0 Å². The molecule has 0 fully saturated rings. The molecule has 1 heterocycles. The molecule has 1 aromatic heterocycles. The van der Waals surface area contributed by atoms with E-state index in [0.29, 0.717) is 44.3 Å². The van der Waals surface area contributed by atoms with Gasteiger partial charge in [-0.15, -0.1) is 36.6 Å². The molecule has 0 saturated carbocycles. The number of rotatable bonds is 16. The Kier molecular flexibility index (Phi) is 21.0. The van der Waals surface area contributed by atoms with Crippen LogP contribution in [0.2, 0.25) is 0 Å². The summed E-state index contributed by atoms with van der Waals surface area (Å²) in [6.45, 7) is 5.18. The third-order valence-electron chi connectivity index (χ3n) is 5.24. The Morgan fingerprint density at radius 3 is 1.50 bits per heavy atom. The zero-order chi connectivity index (χ0) is 29.0. The average molecular weight is 596 g/mol. The van der Waals surface area contributed by atoms with E-state index in [4.69, 9.17) is 30.6 Å². The first-order chi connectivity index (χ1) is 18.1. The summed E-state index contributed by atoms with van der Waals surface area (Å²) in [5.74, 6) is 0. The summed E-state index contributed by atoms with van der Waals surface area (Å²) in [6.07, 6.45) is -0.00172. The van der Waals surface area contributed by atoms with Crippen LogP contribution in [0.25, 0.3) is 10.2 Å². The molecule has 0 saturated heterocycles. The molecule has 0 aliphatic rings. The molecule has 0 spiro atoms. The Balaban J connectivity index is 0.000000589. The molecular formula is C24H41N3O8S3. The first-order valence-electron chi connectivity index (χ1n) is 12.0. The van der Waals surface area contributed by atoms with Crippen molar-refractivity contribution in [3.05, 3.63) is 29.3 Å². The van der Waals surface area contributed by atoms with Gasteiger partial charge < -0.3 is 30.6 Å². The molecule has 38 heavy (non-hydrogen) atoms. The molecule has 14 heteroatoms. The van der Waals surface area contributed by atoms with Gasteiger partial charge in [0.05, 0.1) is 55.3 Å². The van der Waals surface area contributed by atoms with Crippen LogP contribution in [0.5, 0.6) is 0 Å². The number of aliphatic hydroxyl groups excluding tert-OH is 6. The Morgan fingerprint density at radius 2 is 1.18 bits per heavy atom. The lowest BCUT2D eigenvalue weighted by atomic mass is 9.89. The second kappa shape index (κ2) is 21.6. The largest absolute Gasteiger partial charge is 0.395 e. The van der Waals surface area contributed by atoms with Crippen LogP contribution >= 0.6 is 36.6 Å². The number of fused-ring (bicyclic) bond motifs is 1. The van der Waals surface area contributed by atoms with Gasteiger partial charge in [0, 0.05) is 45.7 Å². The van der Waals surface area contributed by atoms with E-state index in [0.717, 1.165) is 10.2 Å². The second-order valence-electron chi connectivity index (χ2n) is 8.22. The molecule has 6 N–H and O–H groups in total. The van der Waals surface area contributed by atoms with Gasteiger partial charge in [-0.05, 0) is 19.1 Å². The predicted octanol–water partition coefficient (Wildman–Crippen LogP) is -0.612. The van der Waals surface area contributed by atoms with E-state index in [1.165, 1.54) is 11.3 Å². The van der Waals surface area contributed by atoms with Crippen molar-refractivity contribution in [1.82, 2.24) is 14.8 Å². The lowest BCUT2D eigenvalue weighted by Gasteiger charge is -2.21. The highest BCUT2D eigenvalue weighted by Gasteiger charge is 2.37. The maximum Gasteiger partial charge on any atom is 0.199 e. The van der Waals surface area contributed by atoms with Crippen molar-refractivity contribution >= 4 is 57.0 Å². The minimum atomic E-state index is -1.01. The Labute approximate surface area is 238 Å². The van der Waals surface area contributed by atoms with Crippen molar-refractivity contribution in [2.45, 2.75) is 18.8 Å². The van der Waals surface area contributed by atoms with E-state index in [-0.39, 0.29) is 56.3 Å². The van der Waals surface area contributed by atoms with E-state index >= 15 is 0 Å². The summed E-state index contributed by atoms with van der Waals surface area (Å²) in [7, 11) is 0. The molecule has 0 aliphatic heterocycles. The van der Waals surface area contributed by atoms with Crippen LogP contribution in [-0.4, -0.2) is 135 Å². The molecule has 1 atom stereocenters. The maximum absolute atomic E-state index is 11.7. The third kappa shape index (κ3) is 14.3. The summed E-state index contributed by atoms with van der Waals surface area (Å²) in [6, 6.07) is 7.60. The number of carbonyl (C=O) groups excluding carboxylic acids is 2. The van der Waals surface area contributed by atoms with Crippen molar-refractivity contribution in [3.63, 3.8) is 0 Å². The van der Waals surface area contributed by atoms with E-state index in [1.54, 1.807) is 16.7 Å². The zero-order valence-electron chi connectivity index (χ0n) is 21.6. The van der Waals surface area contributed by atoms with E-state index < -0.39 is 5.41 Å². The van der Waals surface area contributed by atoms with E-state index in [2.05, 4.69) is 30.2 Å². The van der Waals surface area contributed by atoms with Gasteiger partial charge in [0.15, 0.2) is 10.2 Å². The third-order valence-corrected chi connectivity index (χ3v) is 7.19. The van der Waals surface area contributed by atoms with Crippen molar-refractivity contribution in [3.8, 4) is 0 Å². The van der Waals surface area contributed by atoms with Crippen molar-refractivity contribution < 1.29 is 40.2 Å². The predicted molar refractivity (Wildman–Crippen MR) is 155 cm³/mol. The molecular weight excluding hydrogens is 554 g/mol. The fraction of sp³-hybridized carbons (Fsp3) is 0.625. The number of carbonyl (C=O) groups is 2. The lowest BCUT2D eigenvalue weighted by molar-refractivity contribution is -0.119. The van der Waals surface area contributed by atoms with Gasteiger partial charge in [0.2, 0.25) is 0 Å². The molecule has 0 aliphatic carbocycles. The number of nitrogens with zero attached hydrogens (tertiary/aromatic N) is 3. The van der Waals surface area contributed by atoms with Gasteiger partial charge >= 0.3 is 0 Å². The van der Waals surface area contributed by atoms with Crippen LogP contribution in [0.1, 0.15) is 18.4 Å². The topological polar surface area (TPSA) is 175 Å². The molecule has 1 unspecified atom stereocenters. The summed E-state index contributed by atoms with van der Waals surface area (Å²) in [5, 5.41) is 50.8.